The van der Waals surface area contributed by atoms with Gasteiger partial charge in [0.2, 0.25) is 0 Å². The maximum atomic E-state index is 12.5. The second-order valence-electron chi connectivity index (χ2n) is 11.8. The van der Waals surface area contributed by atoms with Gasteiger partial charge in [0, 0.05) is 26.5 Å². The topological polar surface area (TPSA) is 109 Å². The van der Waals surface area contributed by atoms with Gasteiger partial charge in [0.25, 0.3) is 0 Å². The molecule has 0 spiro atoms. The van der Waals surface area contributed by atoms with Gasteiger partial charge in [0.15, 0.2) is 6.10 Å². The molecule has 1 unspecified atom stereocenters. The zero-order valence-corrected chi connectivity index (χ0v) is 29.5. The molecular weight excluding hydrogens is 586 g/mol. The van der Waals surface area contributed by atoms with E-state index in [2.05, 4.69) is 43.5 Å². The van der Waals surface area contributed by atoms with Gasteiger partial charge in [-0.3, -0.25) is 9.59 Å². The standard InChI is InChI=1S/C37H67NO8/c1-4-6-8-10-12-14-16-18-20-22-24-26-35(39)44-32-34(33-45-37(41)38-28-29-43-31-30-42-3)46-36(40)27-25-23-21-19-17-15-13-11-9-7-5-2/h10-13,34H,4-9,14-33H2,1-3H3,(H,38,41)/b12-10-,13-11-. The number of carbonyl (C=O) groups excluding carboxylic acids is 3. The van der Waals surface area contributed by atoms with Crippen molar-refractivity contribution >= 4 is 18.0 Å². The minimum atomic E-state index is -0.856. The van der Waals surface area contributed by atoms with E-state index in [4.69, 9.17) is 23.7 Å². The normalized spacial score (nSPS) is 12.1. The van der Waals surface area contributed by atoms with Crippen LogP contribution in [0.4, 0.5) is 4.79 Å². The van der Waals surface area contributed by atoms with Crippen molar-refractivity contribution in [1.29, 1.82) is 0 Å². The molecule has 46 heavy (non-hydrogen) atoms. The van der Waals surface area contributed by atoms with Gasteiger partial charge in [0.1, 0.15) is 13.2 Å². The summed E-state index contributed by atoms with van der Waals surface area (Å²) in [6.07, 6.45) is 27.9. The number of nitrogens with one attached hydrogen (secondary N) is 1. The number of allylic oxidation sites excluding steroid dienone is 4. The lowest BCUT2D eigenvalue weighted by molar-refractivity contribution is -0.161. The fourth-order valence-corrected chi connectivity index (χ4v) is 4.55. The highest BCUT2D eigenvalue weighted by atomic mass is 16.6. The number of amides is 1. The Morgan fingerprint density at radius 1 is 0.587 bits per heavy atom. The number of alkyl carbamates (subject to hydrolysis) is 1. The highest BCUT2D eigenvalue weighted by Crippen LogP contribution is 2.11. The van der Waals surface area contributed by atoms with Gasteiger partial charge < -0.3 is 29.0 Å². The highest BCUT2D eigenvalue weighted by Gasteiger charge is 2.19. The van der Waals surface area contributed by atoms with E-state index in [9.17, 15) is 14.4 Å². The Morgan fingerprint density at radius 3 is 1.65 bits per heavy atom. The highest BCUT2D eigenvalue weighted by molar-refractivity contribution is 5.70. The summed E-state index contributed by atoms with van der Waals surface area (Å²) < 4.78 is 26.4. The fourth-order valence-electron chi connectivity index (χ4n) is 4.55. The van der Waals surface area contributed by atoms with Crippen molar-refractivity contribution in [2.24, 2.45) is 0 Å². The van der Waals surface area contributed by atoms with Crippen molar-refractivity contribution in [3.05, 3.63) is 24.3 Å². The summed E-state index contributed by atoms with van der Waals surface area (Å²) in [5, 5.41) is 2.59. The van der Waals surface area contributed by atoms with Gasteiger partial charge >= 0.3 is 18.0 Å². The number of rotatable bonds is 33. The SMILES string of the molecule is CCCC/C=C\CCCCCCCC(=O)OCC(COC(=O)NCCOCCOC)OC(=O)CCCCCCC/C=C\CCCC. The van der Waals surface area contributed by atoms with Crippen LogP contribution < -0.4 is 5.32 Å². The average Bonchev–Trinajstić information content (AvgIpc) is 3.05. The third kappa shape index (κ3) is 33.0. The summed E-state index contributed by atoms with van der Waals surface area (Å²) in [5.74, 6) is -0.714. The van der Waals surface area contributed by atoms with Gasteiger partial charge in [-0.2, -0.15) is 0 Å². The first-order valence-electron chi connectivity index (χ1n) is 18.2. The number of hydrogen-bond donors (Lipinski definition) is 1. The van der Waals surface area contributed by atoms with E-state index in [-0.39, 0.29) is 38.1 Å². The molecule has 1 atom stereocenters. The molecule has 9 heteroatoms. The van der Waals surface area contributed by atoms with Crippen molar-refractivity contribution in [2.45, 2.75) is 148 Å². The van der Waals surface area contributed by atoms with Crippen molar-refractivity contribution in [3.8, 4) is 0 Å². The first-order valence-corrected chi connectivity index (χ1v) is 18.2. The van der Waals surface area contributed by atoms with E-state index >= 15 is 0 Å². The number of esters is 2. The molecule has 0 saturated heterocycles. The van der Waals surface area contributed by atoms with Crippen molar-refractivity contribution in [2.75, 3.05) is 46.7 Å². The van der Waals surface area contributed by atoms with Crippen LogP contribution in [0.1, 0.15) is 142 Å². The molecule has 0 fully saturated rings. The maximum Gasteiger partial charge on any atom is 0.407 e. The lowest BCUT2D eigenvalue weighted by Crippen LogP contribution is -2.34. The van der Waals surface area contributed by atoms with Crippen molar-refractivity contribution < 1.29 is 38.1 Å². The van der Waals surface area contributed by atoms with Crippen LogP contribution in [0.3, 0.4) is 0 Å². The maximum absolute atomic E-state index is 12.5. The zero-order chi connectivity index (χ0) is 33.8. The number of ether oxygens (including phenoxy) is 5. The molecule has 268 valence electrons. The van der Waals surface area contributed by atoms with Crippen molar-refractivity contribution in [3.63, 3.8) is 0 Å². The van der Waals surface area contributed by atoms with Gasteiger partial charge in [-0.05, 0) is 51.4 Å². The molecule has 9 nitrogen and oxygen atoms in total. The third-order valence-corrected chi connectivity index (χ3v) is 7.36. The molecule has 0 aliphatic heterocycles. The smallest absolute Gasteiger partial charge is 0.407 e. The largest absolute Gasteiger partial charge is 0.462 e. The molecule has 0 aromatic rings. The Morgan fingerprint density at radius 2 is 1.09 bits per heavy atom. The summed E-state index contributed by atoms with van der Waals surface area (Å²) in [7, 11) is 1.59. The van der Waals surface area contributed by atoms with Crippen LogP contribution in [0.15, 0.2) is 24.3 Å². The molecular formula is C37H67NO8. The Hall–Kier alpha value is -2.39. The Labute approximate surface area is 280 Å². The predicted octanol–water partition coefficient (Wildman–Crippen LogP) is 8.78. The Bertz CT molecular complexity index is 770. The first kappa shape index (κ1) is 43.6. The second kappa shape index (κ2) is 35.5. The van der Waals surface area contributed by atoms with Crippen LogP contribution in [0.5, 0.6) is 0 Å². The van der Waals surface area contributed by atoms with E-state index in [1.807, 2.05) is 0 Å². The second-order valence-corrected chi connectivity index (χ2v) is 11.8. The number of carbonyl (C=O) groups is 3. The van der Waals surface area contributed by atoms with Crippen molar-refractivity contribution in [1.82, 2.24) is 5.32 Å². The van der Waals surface area contributed by atoms with Crippen LogP contribution in [0.25, 0.3) is 0 Å². The van der Waals surface area contributed by atoms with E-state index in [0.717, 1.165) is 77.0 Å². The van der Waals surface area contributed by atoms with E-state index < -0.39 is 12.2 Å². The monoisotopic (exact) mass is 653 g/mol. The van der Waals surface area contributed by atoms with Crippen LogP contribution in [0.2, 0.25) is 0 Å². The predicted molar refractivity (Wildman–Crippen MR) is 185 cm³/mol. The van der Waals surface area contributed by atoms with Crippen LogP contribution in [-0.4, -0.2) is 70.8 Å². The number of hydrogen-bond acceptors (Lipinski definition) is 8. The summed E-state index contributed by atoms with van der Waals surface area (Å²) in [6, 6.07) is 0. The fraction of sp³-hybridized carbons (Fsp3) is 0.811. The number of methoxy groups -OCH3 is 1. The third-order valence-electron chi connectivity index (χ3n) is 7.36. The Balaban J connectivity index is 4.35. The van der Waals surface area contributed by atoms with Crippen LogP contribution >= 0.6 is 0 Å². The molecule has 0 bridgehead atoms. The molecule has 0 aromatic carbocycles. The lowest BCUT2D eigenvalue weighted by atomic mass is 10.1. The molecule has 1 N–H and O–H groups in total. The van der Waals surface area contributed by atoms with E-state index in [1.54, 1.807) is 7.11 Å². The minimum Gasteiger partial charge on any atom is -0.462 e. The molecule has 0 aromatic heterocycles. The first-order chi connectivity index (χ1) is 22.5. The van der Waals surface area contributed by atoms with Crippen LogP contribution in [-0.2, 0) is 33.3 Å². The molecule has 0 saturated carbocycles. The summed E-state index contributed by atoms with van der Waals surface area (Å²) >= 11 is 0. The van der Waals surface area contributed by atoms with Gasteiger partial charge in [-0.25, -0.2) is 4.79 Å². The number of unbranched alkanes of at least 4 members (excludes halogenated alkanes) is 14. The van der Waals surface area contributed by atoms with E-state index in [0.29, 0.717) is 26.2 Å². The van der Waals surface area contributed by atoms with Gasteiger partial charge in [-0.1, -0.05) is 102 Å². The summed E-state index contributed by atoms with van der Waals surface area (Å²) in [6.45, 7) is 5.57. The van der Waals surface area contributed by atoms with Gasteiger partial charge in [-0.15, -0.1) is 0 Å². The molecule has 0 radical (unpaired) electrons. The minimum absolute atomic E-state index is 0.145. The zero-order valence-electron chi connectivity index (χ0n) is 29.5. The Kier molecular flexibility index (Phi) is 33.6. The quantitative estimate of drug-likeness (QED) is 0.0324. The lowest BCUT2D eigenvalue weighted by Gasteiger charge is -2.18. The molecule has 0 aliphatic rings. The average molecular weight is 654 g/mol. The molecule has 0 rings (SSSR count). The molecule has 1 amide bonds. The summed E-state index contributed by atoms with van der Waals surface area (Å²) in [5.41, 5.74) is 0. The van der Waals surface area contributed by atoms with Crippen LogP contribution in [0, 0.1) is 0 Å². The molecule has 0 heterocycles. The summed E-state index contributed by atoms with van der Waals surface area (Å²) in [4.78, 5) is 37.0. The molecule has 0 aliphatic carbocycles. The van der Waals surface area contributed by atoms with Gasteiger partial charge in [0.05, 0.1) is 19.8 Å². The van der Waals surface area contributed by atoms with E-state index in [1.165, 1.54) is 38.5 Å².